The van der Waals surface area contributed by atoms with Gasteiger partial charge in [0, 0.05) is 35.7 Å². The van der Waals surface area contributed by atoms with E-state index in [0.717, 1.165) is 33.5 Å². The summed E-state index contributed by atoms with van der Waals surface area (Å²) in [5.41, 5.74) is 3.07. The minimum atomic E-state index is 0.675. The summed E-state index contributed by atoms with van der Waals surface area (Å²) < 4.78 is 0. The van der Waals surface area contributed by atoms with Crippen molar-refractivity contribution < 1.29 is 0 Å². The molecule has 0 fully saturated rings. The van der Waals surface area contributed by atoms with Crippen molar-refractivity contribution in [1.29, 1.82) is 0 Å². The van der Waals surface area contributed by atoms with Crippen molar-refractivity contribution in [3.05, 3.63) is 70.8 Å². The molecule has 0 saturated heterocycles. The Morgan fingerprint density at radius 1 is 0.958 bits per heavy atom. The van der Waals surface area contributed by atoms with Crippen LogP contribution in [0.3, 0.4) is 0 Å². The third-order valence-electron chi connectivity index (χ3n) is 3.51. The van der Waals surface area contributed by atoms with Crippen LogP contribution in [0.2, 0.25) is 5.02 Å². The number of nitrogens with zero attached hydrogens (tertiary/aromatic N) is 3. The van der Waals surface area contributed by atoms with Crippen molar-refractivity contribution in [1.82, 2.24) is 15.0 Å². The van der Waals surface area contributed by atoms with Crippen LogP contribution in [-0.2, 0) is 6.54 Å². The van der Waals surface area contributed by atoms with Crippen LogP contribution in [0, 0.1) is 13.8 Å². The summed E-state index contributed by atoms with van der Waals surface area (Å²) in [5.74, 6) is 2.18. The van der Waals surface area contributed by atoms with Crippen molar-refractivity contribution in [2.24, 2.45) is 0 Å². The van der Waals surface area contributed by atoms with Gasteiger partial charge in [-0.1, -0.05) is 17.7 Å². The Hall–Kier alpha value is -2.66. The van der Waals surface area contributed by atoms with Crippen molar-refractivity contribution in [3.8, 4) is 0 Å². The summed E-state index contributed by atoms with van der Waals surface area (Å²) in [6, 6.07) is 11.6. The molecule has 3 rings (SSSR count). The number of hydrogen-bond donors (Lipinski definition) is 2. The van der Waals surface area contributed by atoms with Crippen LogP contribution in [-0.4, -0.2) is 15.0 Å². The van der Waals surface area contributed by atoms with E-state index in [1.807, 2.05) is 50.2 Å². The molecule has 0 atom stereocenters. The normalized spacial score (nSPS) is 10.5. The van der Waals surface area contributed by atoms with Crippen LogP contribution < -0.4 is 10.6 Å². The molecule has 0 amide bonds. The lowest BCUT2D eigenvalue weighted by atomic mass is 10.2. The van der Waals surface area contributed by atoms with Crippen molar-refractivity contribution in [2.75, 3.05) is 10.6 Å². The number of halogens is 1. The first-order valence-corrected chi connectivity index (χ1v) is 7.99. The molecular formula is C18H18ClN5. The molecule has 0 aliphatic rings. The second kappa shape index (κ2) is 7.27. The molecular weight excluding hydrogens is 322 g/mol. The van der Waals surface area contributed by atoms with Crippen LogP contribution in [0.1, 0.15) is 17.0 Å². The molecule has 0 spiro atoms. The first-order chi connectivity index (χ1) is 11.6. The highest BCUT2D eigenvalue weighted by atomic mass is 35.5. The molecule has 3 aromatic rings. The predicted molar refractivity (Wildman–Crippen MR) is 97.8 cm³/mol. The van der Waals surface area contributed by atoms with Crippen LogP contribution in [0.25, 0.3) is 0 Å². The van der Waals surface area contributed by atoms with E-state index < -0.39 is 0 Å². The van der Waals surface area contributed by atoms with Crippen LogP contribution in [0.4, 0.5) is 17.3 Å². The second-order valence-corrected chi connectivity index (χ2v) is 5.89. The van der Waals surface area contributed by atoms with Gasteiger partial charge < -0.3 is 10.6 Å². The molecule has 0 aliphatic carbocycles. The Morgan fingerprint density at radius 3 is 2.46 bits per heavy atom. The summed E-state index contributed by atoms with van der Waals surface area (Å²) in [7, 11) is 0. The van der Waals surface area contributed by atoms with E-state index in [2.05, 4.69) is 25.6 Å². The summed E-state index contributed by atoms with van der Waals surface area (Å²) >= 11 is 6.17. The van der Waals surface area contributed by atoms with E-state index in [-0.39, 0.29) is 0 Å². The second-order valence-electron chi connectivity index (χ2n) is 5.48. The fourth-order valence-electron chi connectivity index (χ4n) is 2.23. The first kappa shape index (κ1) is 16.2. The quantitative estimate of drug-likeness (QED) is 0.716. The van der Waals surface area contributed by atoms with Gasteiger partial charge in [0.1, 0.15) is 17.5 Å². The van der Waals surface area contributed by atoms with Gasteiger partial charge in [-0.3, -0.25) is 4.98 Å². The lowest BCUT2D eigenvalue weighted by Gasteiger charge is -2.11. The molecule has 0 unspecified atom stereocenters. The average molecular weight is 340 g/mol. The summed E-state index contributed by atoms with van der Waals surface area (Å²) in [6.07, 6.45) is 3.55. The Morgan fingerprint density at radius 2 is 1.71 bits per heavy atom. The maximum atomic E-state index is 6.17. The van der Waals surface area contributed by atoms with E-state index in [9.17, 15) is 0 Å². The third-order valence-corrected chi connectivity index (χ3v) is 3.91. The molecule has 5 nitrogen and oxygen atoms in total. The minimum Gasteiger partial charge on any atom is -0.366 e. The topological polar surface area (TPSA) is 62.7 Å². The fraction of sp³-hybridized carbons (Fsp3) is 0.167. The van der Waals surface area contributed by atoms with Gasteiger partial charge in [0.15, 0.2) is 0 Å². The van der Waals surface area contributed by atoms with Gasteiger partial charge >= 0.3 is 0 Å². The van der Waals surface area contributed by atoms with Crippen molar-refractivity contribution in [3.63, 3.8) is 0 Å². The lowest BCUT2D eigenvalue weighted by molar-refractivity contribution is 1.02. The third kappa shape index (κ3) is 4.20. The molecule has 0 bridgehead atoms. The summed E-state index contributed by atoms with van der Waals surface area (Å²) in [5, 5.41) is 7.29. The SMILES string of the molecule is Cc1nc(NCc2ccncc2)cc(Nc2ccc(C)c(Cl)c2)n1. The summed E-state index contributed by atoms with van der Waals surface area (Å²) in [4.78, 5) is 12.9. The minimum absolute atomic E-state index is 0.675. The Kier molecular flexibility index (Phi) is 4.91. The smallest absolute Gasteiger partial charge is 0.136 e. The maximum absolute atomic E-state index is 6.17. The van der Waals surface area contributed by atoms with Crippen molar-refractivity contribution >= 4 is 28.9 Å². The molecule has 122 valence electrons. The van der Waals surface area contributed by atoms with Gasteiger partial charge in [0.2, 0.25) is 0 Å². The van der Waals surface area contributed by atoms with Gasteiger partial charge in [-0.05, 0) is 49.2 Å². The Balaban J connectivity index is 1.74. The summed E-state index contributed by atoms with van der Waals surface area (Å²) in [6.45, 7) is 4.52. The van der Waals surface area contributed by atoms with Crippen LogP contribution in [0.5, 0.6) is 0 Å². The number of benzene rings is 1. The Bertz CT molecular complexity index is 836. The maximum Gasteiger partial charge on any atom is 0.136 e. The first-order valence-electron chi connectivity index (χ1n) is 7.62. The molecule has 1 aromatic carbocycles. The van der Waals surface area contributed by atoms with E-state index in [1.54, 1.807) is 12.4 Å². The monoisotopic (exact) mass is 339 g/mol. The van der Waals surface area contributed by atoms with E-state index >= 15 is 0 Å². The van der Waals surface area contributed by atoms with Crippen molar-refractivity contribution in [2.45, 2.75) is 20.4 Å². The standard InChI is InChI=1S/C18H18ClN5/c1-12-3-4-15(9-16(12)19)24-18-10-17(22-13(2)23-18)21-11-14-5-7-20-8-6-14/h3-10H,11H2,1-2H3,(H2,21,22,23,24). The molecule has 2 heterocycles. The van der Waals surface area contributed by atoms with Crippen LogP contribution in [0.15, 0.2) is 48.8 Å². The van der Waals surface area contributed by atoms with Gasteiger partial charge in [0.25, 0.3) is 0 Å². The molecule has 24 heavy (non-hydrogen) atoms. The van der Waals surface area contributed by atoms with Gasteiger partial charge in [-0.15, -0.1) is 0 Å². The number of aromatic nitrogens is 3. The fourth-order valence-corrected chi connectivity index (χ4v) is 2.41. The average Bonchev–Trinajstić information content (AvgIpc) is 2.57. The highest BCUT2D eigenvalue weighted by Gasteiger charge is 2.04. The number of anilines is 3. The molecule has 2 N–H and O–H groups in total. The molecule has 0 aliphatic heterocycles. The zero-order chi connectivity index (χ0) is 16.9. The largest absolute Gasteiger partial charge is 0.366 e. The number of nitrogens with one attached hydrogen (secondary N) is 2. The zero-order valence-electron chi connectivity index (χ0n) is 13.5. The number of pyridine rings is 1. The highest BCUT2D eigenvalue weighted by Crippen LogP contribution is 2.23. The van der Waals surface area contributed by atoms with Gasteiger partial charge in [-0.2, -0.15) is 0 Å². The van der Waals surface area contributed by atoms with E-state index in [0.29, 0.717) is 12.4 Å². The lowest BCUT2D eigenvalue weighted by Crippen LogP contribution is -2.05. The van der Waals surface area contributed by atoms with E-state index in [4.69, 9.17) is 11.6 Å². The highest BCUT2D eigenvalue weighted by molar-refractivity contribution is 6.31. The molecule has 2 aromatic heterocycles. The number of rotatable bonds is 5. The number of aryl methyl sites for hydroxylation is 2. The van der Waals surface area contributed by atoms with Crippen LogP contribution >= 0.6 is 11.6 Å². The molecule has 0 radical (unpaired) electrons. The molecule has 0 saturated carbocycles. The molecule has 6 heteroatoms. The van der Waals surface area contributed by atoms with E-state index in [1.165, 1.54) is 0 Å². The Labute approximate surface area is 146 Å². The van der Waals surface area contributed by atoms with Gasteiger partial charge in [-0.25, -0.2) is 9.97 Å². The predicted octanol–water partition coefficient (Wildman–Crippen LogP) is 4.50. The zero-order valence-corrected chi connectivity index (χ0v) is 14.3. The number of hydrogen-bond acceptors (Lipinski definition) is 5. The van der Waals surface area contributed by atoms with Gasteiger partial charge in [0.05, 0.1) is 0 Å².